The predicted molar refractivity (Wildman–Crippen MR) is 104 cm³/mol. The molecule has 3 heterocycles. The van der Waals surface area contributed by atoms with Gasteiger partial charge in [0.15, 0.2) is 0 Å². The highest BCUT2D eigenvalue weighted by atomic mass is 32.1. The molecule has 0 unspecified atom stereocenters. The summed E-state index contributed by atoms with van der Waals surface area (Å²) in [6.45, 7) is 2.04. The predicted octanol–water partition coefficient (Wildman–Crippen LogP) is 4.96. The summed E-state index contributed by atoms with van der Waals surface area (Å²) in [4.78, 5) is 4.67. The number of nitrogens with two attached hydrogens (primary N) is 1. The van der Waals surface area contributed by atoms with Gasteiger partial charge in [0.1, 0.15) is 22.3 Å². The van der Waals surface area contributed by atoms with E-state index in [0.29, 0.717) is 22.8 Å². The van der Waals surface area contributed by atoms with Gasteiger partial charge in [-0.25, -0.2) is 4.98 Å². The lowest BCUT2D eigenvalue weighted by Crippen LogP contribution is -2.10. The summed E-state index contributed by atoms with van der Waals surface area (Å²) in [6, 6.07) is 13.8. The zero-order valence-corrected chi connectivity index (χ0v) is 15.1. The number of aromatic nitrogens is 2. The molecule has 3 aromatic heterocycles. The summed E-state index contributed by atoms with van der Waals surface area (Å²) >= 11 is 1.47. The van der Waals surface area contributed by atoms with Crippen LogP contribution in [0.1, 0.15) is 18.7 Å². The first-order valence-electron chi connectivity index (χ1n) is 8.36. The van der Waals surface area contributed by atoms with Crippen molar-refractivity contribution >= 4 is 17.2 Å². The van der Waals surface area contributed by atoms with Crippen molar-refractivity contribution in [2.24, 2.45) is 0 Å². The largest absolute Gasteiger partial charge is 0.506 e. The van der Waals surface area contributed by atoms with Crippen molar-refractivity contribution in [3.05, 3.63) is 66.1 Å². The summed E-state index contributed by atoms with van der Waals surface area (Å²) in [6.07, 6.45) is 4.02. The fourth-order valence-electron chi connectivity index (χ4n) is 3.06. The van der Waals surface area contributed by atoms with Gasteiger partial charge in [0.25, 0.3) is 0 Å². The highest BCUT2D eigenvalue weighted by molar-refractivity contribution is 7.13. The SMILES string of the molecule is C[C@@H](Cc1ccco1)n1cc(O)c(-c2nc(-c3ccccc3)cs2)c1N. The van der Waals surface area contributed by atoms with Crippen molar-refractivity contribution in [1.82, 2.24) is 9.55 Å². The Morgan fingerprint density at radius 2 is 2.04 bits per heavy atom. The van der Waals surface area contributed by atoms with Crippen LogP contribution in [0, 0.1) is 0 Å². The number of nitrogens with zero attached hydrogens (tertiary/aromatic N) is 2. The maximum absolute atomic E-state index is 10.5. The molecule has 4 aromatic rings. The van der Waals surface area contributed by atoms with E-state index in [-0.39, 0.29) is 11.8 Å². The van der Waals surface area contributed by atoms with Crippen LogP contribution >= 0.6 is 11.3 Å². The Labute approximate surface area is 155 Å². The molecule has 0 spiro atoms. The molecule has 0 radical (unpaired) electrons. The molecule has 26 heavy (non-hydrogen) atoms. The lowest BCUT2D eigenvalue weighted by Gasteiger charge is -2.14. The molecular weight excluding hydrogens is 346 g/mol. The van der Waals surface area contributed by atoms with Crippen LogP contribution in [0.2, 0.25) is 0 Å². The van der Waals surface area contributed by atoms with Crippen LogP contribution in [0.3, 0.4) is 0 Å². The number of hydrogen-bond acceptors (Lipinski definition) is 5. The van der Waals surface area contributed by atoms with Gasteiger partial charge in [-0.1, -0.05) is 30.3 Å². The first-order valence-corrected chi connectivity index (χ1v) is 9.24. The number of benzene rings is 1. The molecule has 132 valence electrons. The zero-order valence-electron chi connectivity index (χ0n) is 14.3. The molecule has 0 amide bonds. The van der Waals surface area contributed by atoms with Gasteiger partial charge in [-0.3, -0.25) is 0 Å². The smallest absolute Gasteiger partial charge is 0.145 e. The molecule has 0 aliphatic rings. The third kappa shape index (κ3) is 2.99. The van der Waals surface area contributed by atoms with Gasteiger partial charge in [0, 0.05) is 29.6 Å². The second-order valence-electron chi connectivity index (χ2n) is 6.22. The summed E-state index contributed by atoms with van der Waals surface area (Å²) in [7, 11) is 0. The van der Waals surface area contributed by atoms with Gasteiger partial charge in [0.05, 0.1) is 17.5 Å². The molecular formula is C20H19N3O2S. The lowest BCUT2D eigenvalue weighted by molar-refractivity contribution is 0.443. The van der Waals surface area contributed by atoms with E-state index in [9.17, 15) is 5.11 Å². The molecule has 1 aromatic carbocycles. The topological polar surface area (TPSA) is 77.2 Å². The minimum absolute atomic E-state index is 0.0503. The van der Waals surface area contributed by atoms with E-state index in [1.165, 1.54) is 11.3 Å². The van der Waals surface area contributed by atoms with E-state index in [1.54, 1.807) is 12.5 Å². The number of aromatic hydroxyl groups is 1. The maximum atomic E-state index is 10.5. The molecule has 4 rings (SSSR count). The second kappa shape index (κ2) is 6.72. The minimum Gasteiger partial charge on any atom is -0.506 e. The number of thiazole rings is 1. The third-order valence-electron chi connectivity index (χ3n) is 4.39. The summed E-state index contributed by atoms with van der Waals surface area (Å²) in [5.41, 5.74) is 8.86. The Morgan fingerprint density at radius 1 is 1.23 bits per heavy atom. The quantitative estimate of drug-likeness (QED) is 0.524. The molecule has 0 bridgehead atoms. The monoisotopic (exact) mass is 365 g/mol. The van der Waals surface area contributed by atoms with Gasteiger partial charge >= 0.3 is 0 Å². The van der Waals surface area contributed by atoms with Crippen LogP contribution in [0.4, 0.5) is 5.82 Å². The van der Waals surface area contributed by atoms with Crippen molar-refractivity contribution in [1.29, 1.82) is 0 Å². The second-order valence-corrected chi connectivity index (χ2v) is 7.08. The summed E-state index contributed by atoms with van der Waals surface area (Å²) in [5, 5.41) is 13.2. The molecule has 0 saturated heterocycles. The molecule has 5 nitrogen and oxygen atoms in total. The standard InChI is InChI=1S/C20H19N3O2S/c1-13(10-15-8-5-9-25-15)23-11-17(24)18(19(23)21)20-22-16(12-26-20)14-6-3-2-4-7-14/h2-9,11-13,24H,10,21H2,1H3/t13-/m0/s1. The number of hydrogen-bond donors (Lipinski definition) is 2. The Balaban J connectivity index is 1.66. The Hall–Kier alpha value is -2.99. The van der Waals surface area contributed by atoms with Crippen LogP contribution in [0.5, 0.6) is 5.75 Å². The van der Waals surface area contributed by atoms with E-state index in [1.807, 2.05) is 59.3 Å². The number of nitrogen functional groups attached to an aromatic ring is 1. The Kier molecular flexibility index (Phi) is 4.26. The van der Waals surface area contributed by atoms with Crippen molar-refractivity contribution in [2.45, 2.75) is 19.4 Å². The van der Waals surface area contributed by atoms with Crippen LogP contribution in [-0.4, -0.2) is 14.7 Å². The van der Waals surface area contributed by atoms with Gasteiger partial charge < -0.3 is 19.8 Å². The van der Waals surface area contributed by atoms with Gasteiger partial charge in [-0.05, 0) is 19.1 Å². The van der Waals surface area contributed by atoms with Crippen molar-refractivity contribution in [3.8, 4) is 27.6 Å². The number of anilines is 1. The highest BCUT2D eigenvalue weighted by Crippen LogP contribution is 2.41. The molecule has 1 atom stereocenters. The Morgan fingerprint density at radius 3 is 2.77 bits per heavy atom. The normalized spacial score (nSPS) is 12.3. The first-order chi connectivity index (χ1) is 12.6. The lowest BCUT2D eigenvalue weighted by atomic mass is 10.2. The van der Waals surface area contributed by atoms with E-state index in [0.717, 1.165) is 17.0 Å². The van der Waals surface area contributed by atoms with Crippen molar-refractivity contribution < 1.29 is 9.52 Å². The molecule has 6 heteroatoms. The average Bonchev–Trinajstić information content (AvgIpc) is 3.37. The molecule has 0 aliphatic heterocycles. The van der Waals surface area contributed by atoms with Crippen LogP contribution in [0.15, 0.2) is 64.7 Å². The van der Waals surface area contributed by atoms with Crippen molar-refractivity contribution in [3.63, 3.8) is 0 Å². The molecule has 0 fully saturated rings. The van der Waals surface area contributed by atoms with E-state index in [2.05, 4.69) is 4.98 Å². The van der Waals surface area contributed by atoms with E-state index in [4.69, 9.17) is 10.2 Å². The van der Waals surface area contributed by atoms with Crippen LogP contribution < -0.4 is 5.73 Å². The summed E-state index contributed by atoms with van der Waals surface area (Å²) < 4.78 is 7.28. The fourth-order valence-corrected chi connectivity index (χ4v) is 3.95. The highest BCUT2D eigenvalue weighted by Gasteiger charge is 2.21. The van der Waals surface area contributed by atoms with E-state index < -0.39 is 0 Å². The van der Waals surface area contributed by atoms with Crippen LogP contribution in [0.25, 0.3) is 21.8 Å². The maximum Gasteiger partial charge on any atom is 0.145 e. The van der Waals surface area contributed by atoms with Gasteiger partial charge in [0.2, 0.25) is 0 Å². The van der Waals surface area contributed by atoms with Gasteiger partial charge in [-0.2, -0.15) is 0 Å². The molecule has 3 N–H and O–H groups in total. The van der Waals surface area contributed by atoms with Crippen molar-refractivity contribution in [2.75, 3.05) is 5.73 Å². The molecule has 0 aliphatic carbocycles. The van der Waals surface area contributed by atoms with Gasteiger partial charge in [-0.15, -0.1) is 11.3 Å². The number of furan rings is 1. The first kappa shape index (κ1) is 16.5. The third-order valence-corrected chi connectivity index (χ3v) is 5.25. The fraction of sp³-hybridized carbons (Fsp3) is 0.150. The molecule has 0 saturated carbocycles. The van der Waals surface area contributed by atoms with Crippen LogP contribution in [-0.2, 0) is 6.42 Å². The zero-order chi connectivity index (χ0) is 18.1. The van der Waals surface area contributed by atoms with E-state index >= 15 is 0 Å². The average molecular weight is 365 g/mol. The Bertz CT molecular complexity index is 1000. The minimum atomic E-state index is 0.0503. The summed E-state index contributed by atoms with van der Waals surface area (Å²) in [5.74, 6) is 1.53. The number of rotatable bonds is 5.